The molecule has 1 aromatic rings. The van der Waals surface area contributed by atoms with E-state index in [9.17, 15) is 10.2 Å². The third-order valence-corrected chi connectivity index (χ3v) is 3.68. The van der Waals surface area contributed by atoms with Gasteiger partial charge in [-0.2, -0.15) is 0 Å². The molecule has 2 atom stereocenters. The molecule has 20 heavy (non-hydrogen) atoms. The second-order valence-electron chi connectivity index (χ2n) is 5.39. The largest absolute Gasteiger partial charge is 0.489 e. The topological polar surface area (TPSA) is 88.2 Å². The van der Waals surface area contributed by atoms with Crippen molar-refractivity contribution in [3.63, 3.8) is 0 Å². The van der Waals surface area contributed by atoms with E-state index in [0.717, 1.165) is 17.7 Å². The smallest absolute Gasteiger partial charge is 0.165 e. The van der Waals surface area contributed by atoms with Crippen LogP contribution in [-0.2, 0) is 6.54 Å². The van der Waals surface area contributed by atoms with Crippen LogP contribution < -0.4 is 15.2 Å². The zero-order valence-corrected chi connectivity index (χ0v) is 11.3. The fourth-order valence-electron chi connectivity index (χ4n) is 2.70. The number of hydrogen-bond donors (Lipinski definition) is 3. The highest BCUT2D eigenvalue weighted by Gasteiger charge is 2.30. The molecule has 0 aliphatic carbocycles. The molecule has 0 radical (unpaired) electrons. The minimum atomic E-state index is -0.688. The Morgan fingerprint density at radius 2 is 1.85 bits per heavy atom. The van der Waals surface area contributed by atoms with Gasteiger partial charge in [-0.05, 0) is 6.07 Å². The van der Waals surface area contributed by atoms with E-state index in [2.05, 4.69) is 0 Å². The van der Waals surface area contributed by atoms with Gasteiger partial charge in [0, 0.05) is 43.4 Å². The number of aliphatic hydroxyl groups excluding tert-OH is 2. The predicted octanol–water partition coefficient (Wildman–Crippen LogP) is -0.0325. The van der Waals surface area contributed by atoms with Crippen LogP contribution in [0, 0.1) is 0 Å². The molecule has 110 valence electrons. The second-order valence-corrected chi connectivity index (χ2v) is 5.39. The Morgan fingerprint density at radius 1 is 1.15 bits per heavy atom. The Balaban J connectivity index is 1.84. The number of nitrogens with two attached hydrogens (primary N) is 1. The number of hydrogen-bond acceptors (Lipinski definition) is 6. The molecule has 1 aromatic carbocycles. The van der Waals surface area contributed by atoms with Crippen LogP contribution in [0.1, 0.15) is 12.0 Å². The molecule has 0 amide bonds. The van der Waals surface area contributed by atoms with E-state index in [0.29, 0.717) is 44.3 Å². The normalized spacial score (nSPS) is 26.5. The third-order valence-electron chi connectivity index (χ3n) is 3.68. The predicted molar refractivity (Wildman–Crippen MR) is 73.8 cm³/mol. The molecule has 1 fully saturated rings. The Bertz CT molecular complexity index is 484. The van der Waals surface area contributed by atoms with Crippen molar-refractivity contribution in [3.05, 3.63) is 17.7 Å². The summed E-state index contributed by atoms with van der Waals surface area (Å²) >= 11 is 0. The molecule has 2 aliphatic rings. The van der Waals surface area contributed by atoms with Crippen molar-refractivity contribution in [2.24, 2.45) is 0 Å². The van der Waals surface area contributed by atoms with E-state index < -0.39 is 12.2 Å². The first-order chi connectivity index (χ1) is 9.63. The third kappa shape index (κ3) is 2.67. The first-order valence-electron chi connectivity index (χ1n) is 6.90. The van der Waals surface area contributed by atoms with Crippen LogP contribution >= 0.6 is 0 Å². The Morgan fingerprint density at radius 3 is 2.60 bits per heavy atom. The standard InChI is InChI=1S/C14H20N2O4/c15-10-4-9(6-16-7-11(17)12(18)8-16)14-13(5-10)19-2-1-3-20-14/h4-5,11-12,17-18H,1-3,6-8,15H2. The number of β-amino-alcohol motifs (C(OH)–C–C–N with tert-alkyl or cyclic N) is 2. The molecule has 3 rings (SSSR count). The Hall–Kier alpha value is -1.50. The number of nitrogen functional groups attached to an aromatic ring is 1. The van der Waals surface area contributed by atoms with Crippen LogP contribution in [0.2, 0.25) is 0 Å². The first-order valence-corrected chi connectivity index (χ1v) is 6.90. The van der Waals surface area contributed by atoms with Gasteiger partial charge < -0.3 is 25.4 Å². The summed E-state index contributed by atoms with van der Waals surface area (Å²) in [5.74, 6) is 1.41. The van der Waals surface area contributed by atoms with Gasteiger partial charge in [-0.1, -0.05) is 0 Å². The zero-order chi connectivity index (χ0) is 14.1. The highest BCUT2D eigenvalue weighted by Crippen LogP contribution is 2.36. The van der Waals surface area contributed by atoms with Gasteiger partial charge in [-0.15, -0.1) is 0 Å². The van der Waals surface area contributed by atoms with Gasteiger partial charge in [0.1, 0.15) is 0 Å². The van der Waals surface area contributed by atoms with Crippen molar-refractivity contribution in [1.82, 2.24) is 4.90 Å². The van der Waals surface area contributed by atoms with Crippen molar-refractivity contribution >= 4 is 5.69 Å². The molecule has 6 heteroatoms. The van der Waals surface area contributed by atoms with Crippen molar-refractivity contribution in [1.29, 1.82) is 0 Å². The maximum absolute atomic E-state index is 9.61. The number of benzene rings is 1. The summed E-state index contributed by atoms with van der Waals surface area (Å²) in [6.07, 6.45) is -0.534. The molecule has 0 saturated carbocycles. The second kappa shape index (κ2) is 5.47. The molecule has 0 spiro atoms. The fraction of sp³-hybridized carbons (Fsp3) is 0.571. The summed E-state index contributed by atoms with van der Waals surface area (Å²) in [5, 5.41) is 19.2. The molecule has 2 unspecified atom stereocenters. The SMILES string of the molecule is Nc1cc(CN2CC(O)C(O)C2)c2c(c1)OCCCO2. The molecule has 2 aliphatic heterocycles. The minimum absolute atomic E-state index is 0.450. The van der Waals surface area contributed by atoms with Crippen molar-refractivity contribution in [2.75, 3.05) is 32.0 Å². The summed E-state index contributed by atoms with van der Waals surface area (Å²) in [7, 11) is 0. The van der Waals surface area contributed by atoms with E-state index in [4.69, 9.17) is 15.2 Å². The van der Waals surface area contributed by atoms with E-state index in [1.807, 2.05) is 11.0 Å². The number of nitrogens with zero attached hydrogens (tertiary/aromatic N) is 1. The minimum Gasteiger partial charge on any atom is -0.489 e. The van der Waals surface area contributed by atoms with Gasteiger partial charge in [0.2, 0.25) is 0 Å². The summed E-state index contributed by atoms with van der Waals surface area (Å²) in [6, 6.07) is 3.64. The van der Waals surface area contributed by atoms with E-state index in [-0.39, 0.29) is 0 Å². The highest BCUT2D eigenvalue weighted by molar-refractivity contribution is 5.57. The van der Waals surface area contributed by atoms with Gasteiger partial charge in [-0.3, -0.25) is 4.90 Å². The first kappa shape index (κ1) is 13.5. The van der Waals surface area contributed by atoms with E-state index in [1.54, 1.807) is 6.07 Å². The lowest BCUT2D eigenvalue weighted by Gasteiger charge is -2.19. The number of rotatable bonds is 2. The summed E-state index contributed by atoms with van der Waals surface area (Å²) in [4.78, 5) is 1.98. The molecule has 6 nitrogen and oxygen atoms in total. The average molecular weight is 280 g/mol. The molecule has 4 N–H and O–H groups in total. The highest BCUT2D eigenvalue weighted by atomic mass is 16.5. The summed E-state index contributed by atoms with van der Waals surface area (Å²) in [6.45, 7) is 2.72. The number of anilines is 1. The Labute approximate surface area is 117 Å². The van der Waals surface area contributed by atoms with Crippen LogP contribution in [0.25, 0.3) is 0 Å². The lowest BCUT2D eigenvalue weighted by molar-refractivity contribution is 0.0572. The maximum atomic E-state index is 9.61. The van der Waals surface area contributed by atoms with Crippen LogP contribution in [0.3, 0.4) is 0 Å². The lowest BCUT2D eigenvalue weighted by atomic mass is 10.1. The monoisotopic (exact) mass is 280 g/mol. The lowest BCUT2D eigenvalue weighted by Crippen LogP contribution is -2.22. The summed E-state index contributed by atoms with van der Waals surface area (Å²) in [5.41, 5.74) is 7.47. The Kier molecular flexibility index (Phi) is 3.69. The molecule has 2 heterocycles. The summed E-state index contributed by atoms with van der Waals surface area (Å²) < 4.78 is 11.4. The van der Waals surface area contributed by atoms with E-state index >= 15 is 0 Å². The van der Waals surface area contributed by atoms with Gasteiger partial charge >= 0.3 is 0 Å². The zero-order valence-electron chi connectivity index (χ0n) is 11.3. The van der Waals surface area contributed by atoms with Crippen molar-refractivity contribution < 1.29 is 19.7 Å². The maximum Gasteiger partial charge on any atom is 0.165 e. The molecular formula is C14H20N2O4. The number of ether oxygens (including phenoxy) is 2. The van der Waals surface area contributed by atoms with Gasteiger partial charge in [0.25, 0.3) is 0 Å². The molecule has 1 saturated heterocycles. The average Bonchev–Trinajstić information content (AvgIpc) is 2.61. The quantitative estimate of drug-likeness (QED) is 0.659. The van der Waals surface area contributed by atoms with Gasteiger partial charge in [0.15, 0.2) is 11.5 Å². The van der Waals surface area contributed by atoms with Gasteiger partial charge in [0.05, 0.1) is 25.4 Å². The van der Waals surface area contributed by atoms with Crippen LogP contribution in [-0.4, -0.2) is 53.6 Å². The van der Waals surface area contributed by atoms with E-state index in [1.165, 1.54) is 0 Å². The van der Waals surface area contributed by atoms with Crippen LogP contribution in [0.4, 0.5) is 5.69 Å². The van der Waals surface area contributed by atoms with Crippen molar-refractivity contribution in [2.45, 2.75) is 25.2 Å². The van der Waals surface area contributed by atoms with Crippen molar-refractivity contribution in [3.8, 4) is 11.5 Å². The van der Waals surface area contributed by atoms with Crippen LogP contribution in [0.15, 0.2) is 12.1 Å². The molecule has 0 bridgehead atoms. The number of fused-ring (bicyclic) bond motifs is 1. The molecular weight excluding hydrogens is 260 g/mol. The number of aliphatic hydroxyl groups is 2. The van der Waals surface area contributed by atoms with Gasteiger partial charge in [-0.25, -0.2) is 0 Å². The fourth-order valence-corrected chi connectivity index (χ4v) is 2.70. The van der Waals surface area contributed by atoms with Crippen LogP contribution in [0.5, 0.6) is 11.5 Å². The number of likely N-dealkylation sites (tertiary alicyclic amines) is 1. The molecule has 0 aromatic heterocycles.